The van der Waals surface area contributed by atoms with Gasteiger partial charge in [0.2, 0.25) is 0 Å². The second-order valence-electron chi connectivity index (χ2n) is 22.9. The lowest BCUT2D eigenvalue weighted by Gasteiger charge is -2.66. The Morgan fingerprint density at radius 1 is 0.154 bits per heavy atom. The monoisotopic (exact) mass is 711 g/mol. The molecule has 0 N–H and O–H groups in total. The van der Waals surface area contributed by atoms with E-state index in [1.807, 2.05) is 0 Å². The summed E-state index contributed by atoms with van der Waals surface area (Å²) in [6.07, 6.45) is 54.7. The molecule has 0 nitrogen and oxygen atoms in total. The Morgan fingerprint density at radius 3 is 0.692 bits per heavy atom. The predicted octanol–water partition coefficient (Wildman–Crippen LogP) is 15.5. The molecule has 12 atom stereocenters. The predicted molar refractivity (Wildman–Crippen MR) is 220 cm³/mol. The third-order valence-corrected chi connectivity index (χ3v) is 21.1. The molecule has 0 heterocycles. The fourth-order valence-electron chi connectivity index (χ4n) is 19.7. The number of hydrogen-bond acceptors (Lipinski definition) is 0. The summed E-state index contributed by atoms with van der Waals surface area (Å²) in [5.41, 5.74) is 0. The summed E-state index contributed by atoms with van der Waals surface area (Å²) in [6, 6.07) is 0. The molecule has 12 unspecified atom stereocenters. The van der Waals surface area contributed by atoms with E-state index in [0.29, 0.717) is 0 Å². The average molecular weight is 711 g/mol. The van der Waals surface area contributed by atoms with Crippen LogP contribution in [0.15, 0.2) is 0 Å². The van der Waals surface area contributed by atoms with Gasteiger partial charge >= 0.3 is 0 Å². The minimum absolute atomic E-state index is 1.11. The van der Waals surface area contributed by atoms with Crippen molar-refractivity contribution in [3.8, 4) is 0 Å². The van der Waals surface area contributed by atoms with Gasteiger partial charge in [0.15, 0.2) is 0 Å². The van der Waals surface area contributed by atoms with Gasteiger partial charge < -0.3 is 0 Å². The molecule has 10 rings (SSSR count). The van der Waals surface area contributed by atoms with Gasteiger partial charge in [-0.1, -0.05) is 154 Å². The van der Waals surface area contributed by atoms with E-state index in [9.17, 15) is 0 Å². The molecule has 10 fully saturated rings. The zero-order chi connectivity index (χ0) is 34.4. The highest BCUT2D eigenvalue weighted by atomic mass is 14.7. The van der Waals surface area contributed by atoms with Crippen molar-refractivity contribution in [3.63, 3.8) is 0 Å². The second-order valence-corrected chi connectivity index (χ2v) is 22.9. The molecule has 0 aliphatic heterocycles. The van der Waals surface area contributed by atoms with Crippen molar-refractivity contribution in [2.75, 3.05) is 0 Å². The van der Waals surface area contributed by atoms with Crippen LogP contribution in [0.25, 0.3) is 0 Å². The summed E-state index contributed by atoms with van der Waals surface area (Å²) in [5.74, 6) is 20.3. The Bertz CT molecular complexity index is 989. The number of rotatable bonds is 5. The summed E-state index contributed by atoms with van der Waals surface area (Å²) < 4.78 is 0. The van der Waals surface area contributed by atoms with E-state index in [2.05, 4.69) is 0 Å². The Hall–Kier alpha value is 0. The van der Waals surface area contributed by atoms with Gasteiger partial charge in [-0.2, -0.15) is 0 Å². The largest absolute Gasteiger partial charge is 0.0533 e. The van der Waals surface area contributed by atoms with Crippen LogP contribution in [0.1, 0.15) is 218 Å². The van der Waals surface area contributed by atoms with E-state index >= 15 is 0 Å². The van der Waals surface area contributed by atoms with E-state index in [1.54, 1.807) is 205 Å². The Balaban J connectivity index is 0.959. The van der Waals surface area contributed by atoms with Crippen LogP contribution in [-0.2, 0) is 0 Å². The van der Waals surface area contributed by atoms with E-state index in [4.69, 9.17) is 0 Å². The molecule has 10 aliphatic carbocycles. The van der Waals surface area contributed by atoms with Gasteiger partial charge in [0.05, 0.1) is 0 Å². The third-order valence-electron chi connectivity index (χ3n) is 21.1. The molecule has 52 heavy (non-hydrogen) atoms. The van der Waals surface area contributed by atoms with Crippen LogP contribution < -0.4 is 0 Å². The molecule has 0 saturated heterocycles. The highest BCUT2D eigenvalue weighted by Gasteiger charge is 2.61. The minimum atomic E-state index is 1.11. The summed E-state index contributed by atoms with van der Waals surface area (Å²) in [6.45, 7) is 0. The van der Waals surface area contributed by atoms with Crippen LogP contribution in [-0.4, -0.2) is 0 Å². The molecule has 0 spiro atoms. The van der Waals surface area contributed by atoms with Gasteiger partial charge in [0.1, 0.15) is 0 Å². The normalized spacial score (nSPS) is 51.0. The lowest BCUT2D eigenvalue weighted by Crippen LogP contribution is -2.60. The van der Waals surface area contributed by atoms with Gasteiger partial charge in [-0.25, -0.2) is 0 Å². The maximum absolute atomic E-state index is 1.68. The van der Waals surface area contributed by atoms with Crippen molar-refractivity contribution in [2.24, 2.45) is 107 Å². The quantitative estimate of drug-likeness (QED) is 0.266. The zero-order valence-corrected chi connectivity index (χ0v) is 34.4. The van der Waals surface area contributed by atoms with Crippen LogP contribution in [0.2, 0.25) is 0 Å². The van der Waals surface area contributed by atoms with Gasteiger partial charge in [-0.3, -0.25) is 0 Å². The Labute approximate surface area is 323 Å². The maximum Gasteiger partial charge on any atom is -0.0318 e. The van der Waals surface area contributed by atoms with E-state index in [-0.39, 0.29) is 0 Å². The topological polar surface area (TPSA) is 0 Å². The fraction of sp³-hybridized carbons (Fsp3) is 1.00. The minimum Gasteiger partial charge on any atom is -0.0533 e. The SMILES string of the molecule is C1CCC(C2CCCC(C3C4CCCCC4C(C4C5CCCCC5C(C5CCCC(C6CCCCC6)C5)C5CCCCC54)C4CCCCC43)C2)CC1. The highest BCUT2D eigenvalue weighted by Crippen LogP contribution is 2.68. The first-order valence-corrected chi connectivity index (χ1v) is 25.8. The lowest BCUT2D eigenvalue weighted by atomic mass is 9.39. The Morgan fingerprint density at radius 2 is 0.385 bits per heavy atom. The molecule has 10 aliphatic rings. The number of fused-ring (bicyclic) bond motifs is 4. The average Bonchev–Trinajstić information content (AvgIpc) is 3.23. The van der Waals surface area contributed by atoms with Crippen LogP contribution in [0.5, 0.6) is 0 Å². The van der Waals surface area contributed by atoms with Crippen molar-refractivity contribution < 1.29 is 0 Å². The molecule has 0 bridgehead atoms. The van der Waals surface area contributed by atoms with Crippen molar-refractivity contribution in [3.05, 3.63) is 0 Å². The molecule has 0 heteroatoms. The molecule has 294 valence electrons. The molecule has 10 saturated carbocycles. The molecule has 0 aromatic carbocycles. The third kappa shape index (κ3) is 6.89. The summed E-state index contributed by atoms with van der Waals surface area (Å²) in [7, 11) is 0. The van der Waals surface area contributed by atoms with Crippen LogP contribution in [0.3, 0.4) is 0 Å². The van der Waals surface area contributed by atoms with Crippen LogP contribution in [0.4, 0.5) is 0 Å². The van der Waals surface area contributed by atoms with Crippen molar-refractivity contribution in [1.29, 1.82) is 0 Å². The molecule has 0 aromatic rings. The lowest BCUT2D eigenvalue weighted by molar-refractivity contribution is -0.175. The molecular weight excluding hydrogens is 625 g/mol. The second kappa shape index (κ2) is 16.5. The van der Waals surface area contributed by atoms with Crippen molar-refractivity contribution in [2.45, 2.75) is 218 Å². The molecule has 0 amide bonds. The summed E-state index contributed by atoms with van der Waals surface area (Å²) in [4.78, 5) is 0. The van der Waals surface area contributed by atoms with Gasteiger partial charge in [0, 0.05) is 0 Å². The first-order chi connectivity index (χ1) is 25.8. The molecular formula is C52H86. The fourth-order valence-corrected chi connectivity index (χ4v) is 19.7. The van der Waals surface area contributed by atoms with E-state index in [0.717, 1.165) is 107 Å². The zero-order valence-electron chi connectivity index (χ0n) is 34.4. The molecule has 0 aromatic heterocycles. The van der Waals surface area contributed by atoms with Crippen LogP contribution in [0, 0.1) is 107 Å². The van der Waals surface area contributed by atoms with E-state index < -0.39 is 0 Å². The van der Waals surface area contributed by atoms with E-state index in [1.165, 1.54) is 12.8 Å². The van der Waals surface area contributed by atoms with Gasteiger partial charge in [-0.05, 0) is 171 Å². The highest BCUT2D eigenvalue weighted by molar-refractivity contribution is 5.10. The standard InChI is InChI=1S/C52H86/c1-3-17-35(18-4-1)37-21-15-23-39(33-37)49-41-25-7-11-29-45(41)51(46-30-12-8-26-42(46)49)52-47-31-13-9-27-43(47)50(44-28-10-14-32-48(44)52)40-24-16-22-38(34-40)36-19-5-2-6-20-36/h35-52H,1-34H2. The van der Waals surface area contributed by atoms with Crippen LogP contribution >= 0.6 is 0 Å². The summed E-state index contributed by atoms with van der Waals surface area (Å²) in [5, 5.41) is 0. The Kier molecular flexibility index (Phi) is 11.5. The van der Waals surface area contributed by atoms with Crippen molar-refractivity contribution in [1.82, 2.24) is 0 Å². The smallest absolute Gasteiger partial charge is 0.0318 e. The van der Waals surface area contributed by atoms with Gasteiger partial charge in [0.25, 0.3) is 0 Å². The van der Waals surface area contributed by atoms with Crippen molar-refractivity contribution >= 4 is 0 Å². The first kappa shape index (κ1) is 36.3. The van der Waals surface area contributed by atoms with Gasteiger partial charge in [-0.15, -0.1) is 0 Å². The summed E-state index contributed by atoms with van der Waals surface area (Å²) >= 11 is 0. The first-order valence-electron chi connectivity index (χ1n) is 25.8. The number of hydrogen-bond donors (Lipinski definition) is 0. The molecule has 0 radical (unpaired) electrons. The maximum atomic E-state index is 1.68.